The predicted molar refractivity (Wildman–Crippen MR) is 43.3 cm³/mol. The number of hydrogen-bond acceptors (Lipinski definition) is 1. The Bertz CT molecular complexity index is 160. The minimum absolute atomic E-state index is 0.200. The average molecular weight is 188 g/mol. The van der Waals surface area contributed by atoms with Crippen LogP contribution in [0.15, 0.2) is 22.7 Å². The lowest BCUT2D eigenvalue weighted by Gasteiger charge is -2.15. The van der Waals surface area contributed by atoms with Gasteiger partial charge in [-0.2, -0.15) is 0 Å². The highest BCUT2D eigenvalue weighted by Gasteiger charge is 2.09. The Balaban J connectivity index is 2.70. The molecule has 1 aliphatic rings. The van der Waals surface area contributed by atoms with Gasteiger partial charge in [0, 0.05) is 10.5 Å². The van der Waals surface area contributed by atoms with Gasteiger partial charge in [-0.1, -0.05) is 41.1 Å². The first-order valence-corrected chi connectivity index (χ1v) is 3.80. The summed E-state index contributed by atoms with van der Waals surface area (Å²) in [5.74, 6) is 0.462. The number of rotatable bonds is 0. The summed E-state index contributed by atoms with van der Waals surface area (Å²) in [6.07, 6.45) is 6.12. The van der Waals surface area contributed by atoms with E-state index < -0.39 is 0 Å². The van der Waals surface area contributed by atoms with E-state index in [-0.39, 0.29) is 6.04 Å². The Hall–Kier alpha value is -0.0800. The number of hydrogen-bond donors (Lipinski definition) is 1. The van der Waals surface area contributed by atoms with Gasteiger partial charge in [0.15, 0.2) is 0 Å². The van der Waals surface area contributed by atoms with Gasteiger partial charge in [0.25, 0.3) is 0 Å². The number of allylic oxidation sites excluding steroid dienone is 2. The maximum Gasteiger partial charge on any atom is 0.0288 e. The molecule has 0 saturated carbocycles. The van der Waals surface area contributed by atoms with Crippen LogP contribution in [-0.4, -0.2) is 6.04 Å². The zero-order valence-electron chi connectivity index (χ0n) is 5.34. The molecule has 0 aromatic carbocycles. The minimum Gasteiger partial charge on any atom is -0.324 e. The van der Waals surface area contributed by atoms with Crippen molar-refractivity contribution in [2.24, 2.45) is 11.7 Å². The topological polar surface area (TPSA) is 26.0 Å². The summed E-state index contributed by atoms with van der Waals surface area (Å²) in [5, 5.41) is 0. The first kappa shape index (κ1) is 7.03. The summed E-state index contributed by atoms with van der Waals surface area (Å²) in [7, 11) is 0. The SMILES string of the molecule is CC1C=C(Br)C=CC1N. The van der Waals surface area contributed by atoms with Crippen molar-refractivity contribution in [2.75, 3.05) is 0 Å². The molecule has 0 spiro atoms. The molecule has 0 saturated heterocycles. The molecule has 0 aliphatic heterocycles. The molecule has 0 radical (unpaired) electrons. The van der Waals surface area contributed by atoms with Crippen LogP contribution in [0.25, 0.3) is 0 Å². The van der Waals surface area contributed by atoms with Gasteiger partial charge in [-0.3, -0.25) is 0 Å². The summed E-state index contributed by atoms with van der Waals surface area (Å²) in [5.41, 5.74) is 5.69. The fraction of sp³-hybridized carbons (Fsp3) is 0.429. The normalized spacial score (nSPS) is 34.3. The molecule has 2 N–H and O–H groups in total. The Morgan fingerprint density at radius 1 is 1.67 bits per heavy atom. The second-order valence-electron chi connectivity index (χ2n) is 2.35. The maximum absolute atomic E-state index is 5.69. The fourth-order valence-corrected chi connectivity index (χ4v) is 1.37. The lowest BCUT2D eigenvalue weighted by atomic mass is 9.98. The van der Waals surface area contributed by atoms with E-state index in [4.69, 9.17) is 5.73 Å². The zero-order valence-corrected chi connectivity index (χ0v) is 6.93. The highest BCUT2D eigenvalue weighted by Crippen LogP contribution is 2.18. The molecule has 2 unspecified atom stereocenters. The van der Waals surface area contributed by atoms with Gasteiger partial charge in [-0.25, -0.2) is 0 Å². The largest absolute Gasteiger partial charge is 0.324 e. The third-order valence-corrected chi connectivity index (χ3v) is 2.04. The van der Waals surface area contributed by atoms with Gasteiger partial charge in [0.2, 0.25) is 0 Å². The van der Waals surface area contributed by atoms with E-state index in [2.05, 4.69) is 28.9 Å². The summed E-state index contributed by atoms with van der Waals surface area (Å²) in [4.78, 5) is 0. The van der Waals surface area contributed by atoms with Crippen molar-refractivity contribution in [3.05, 3.63) is 22.7 Å². The van der Waals surface area contributed by atoms with Crippen LogP contribution in [0.4, 0.5) is 0 Å². The first-order chi connectivity index (χ1) is 4.20. The van der Waals surface area contributed by atoms with Crippen molar-refractivity contribution in [3.8, 4) is 0 Å². The molecule has 0 amide bonds. The van der Waals surface area contributed by atoms with Crippen molar-refractivity contribution in [1.29, 1.82) is 0 Å². The molecule has 2 heteroatoms. The van der Waals surface area contributed by atoms with Crippen LogP contribution in [-0.2, 0) is 0 Å². The second kappa shape index (κ2) is 2.67. The van der Waals surface area contributed by atoms with E-state index in [0.29, 0.717) is 5.92 Å². The molecule has 0 heterocycles. The van der Waals surface area contributed by atoms with Crippen LogP contribution in [0.2, 0.25) is 0 Å². The molecule has 0 aromatic heterocycles. The van der Waals surface area contributed by atoms with E-state index in [1.165, 1.54) is 0 Å². The third-order valence-electron chi connectivity index (χ3n) is 1.51. The first-order valence-electron chi connectivity index (χ1n) is 3.01. The quantitative estimate of drug-likeness (QED) is 0.616. The van der Waals surface area contributed by atoms with Gasteiger partial charge in [0.1, 0.15) is 0 Å². The molecule has 50 valence electrons. The van der Waals surface area contributed by atoms with Crippen molar-refractivity contribution in [2.45, 2.75) is 13.0 Å². The summed E-state index contributed by atoms with van der Waals surface area (Å²) in [6.45, 7) is 2.11. The number of nitrogens with two attached hydrogens (primary N) is 1. The lowest BCUT2D eigenvalue weighted by Crippen LogP contribution is -2.25. The van der Waals surface area contributed by atoms with Crippen molar-refractivity contribution in [3.63, 3.8) is 0 Å². The van der Waals surface area contributed by atoms with Gasteiger partial charge in [0.05, 0.1) is 0 Å². The van der Waals surface area contributed by atoms with Crippen LogP contribution in [0.3, 0.4) is 0 Å². The average Bonchev–Trinajstić information content (AvgIpc) is 1.80. The van der Waals surface area contributed by atoms with Gasteiger partial charge in [-0.05, 0) is 5.92 Å². The van der Waals surface area contributed by atoms with Gasteiger partial charge >= 0.3 is 0 Å². The minimum atomic E-state index is 0.200. The summed E-state index contributed by atoms with van der Waals surface area (Å²) >= 11 is 3.37. The van der Waals surface area contributed by atoms with Crippen LogP contribution in [0.1, 0.15) is 6.92 Å². The van der Waals surface area contributed by atoms with Gasteiger partial charge in [-0.15, -0.1) is 0 Å². The van der Waals surface area contributed by atoms with Crippen LogP contribution in [0.5, 0.6) is 0 Å². The standard InChI is InChI=1S/C7H10BrN/c1-5-4-6(8)2-3-7(5)9/h2-5,7H,9H2,1H3. The van der Waals surface area contributed by atoms with Crippen LogP contribution < -0.4 is 5.73 Å². The summed E-state index contributed by atoms with van der Waals surface area (Å²) in [6, 6.07) is 0.200. The third kappa shape index (κ3) is 1.66. The molecule has 2 atom stereocenters. The maximum atomic E-state index is 5.69. The van der Waals surface area contributed by atoms with Crippen LogP contribution in [0, 0.1) is 5.92 Å². The fourth-order valence-electron chi connectivity index (χ4n) is 0.796. The van der Waals surface area contributed by atoms with Crippen molar-refractivity contribution < 1.29 is 0 Å². The Kier molecular flexibility index (Phi) is 2.09. The van der Waals surface area contributed by atoms with Crippen molar-refractivity contribution in [1.82, 2.24) is 0 Å². The highest BCUT2D eigenvalue weighted by atomic mass is 79.9. The van der Waals surface area contributed by atoms with Crippen molar-refractivity contribution >= 4 is 15.9 Å². The highest BCUT2D eigenvalue weighted by molar-refractivity contribution is 9.11. The Labute approximate surface area is 63.8 Å². The van der Waals surface area contributed by atoms with E-state index in [9.17, 15) is 0 Å². The summed E-state index contributed by atoms with van der Waals surface area (Å²) < 4.78 is 1.14. The van der Waals surface area contributed by atoms with Gasteiger partial charge < -0.3 is 5.73 Å². The zero-order chi connectivity index (χ0) is 6.85. The molecule has 1 nitrogen and oxygen atoms in total. The molecule has 1 aliphatic carbocycles. The Morgan fingerprint density at radius 3 is 2.78 bits per heavy atom. The number of halogens is 1. The molecule has 9 heavy (non-hydrogen) atoms. The van der Waals surface area contributed by atoms with E-state index in [1.807, 2.05) is 12.2 Å². The second-order valence-corrected chi connectivity index (χ2v) is 3.26. The Morgan fingerprint density at radius 2 is 2.33 bits per heavy atom. The predicted octanol–water partition coefficient (Wildman–Crippen LogP) is 1.80. The smallest absolute Gasteiger partial charge is 0.0288 e. The molecule has 1 rings (SSSR count). The van der Waals surface area contributed by atoms with E-state index in [1.54, 1.807) is 0 Å². The molecule has 0 aromatic rings. The monoisotopic (exact) mass is 187 g/mol. The van der Waals surface area contributed by atoms with Crippen LogP contribution >= 0.6 is 15.9 Å². The molecule has 0 fully saturated rings. The van der Waals surface area contributed by atoms with E-state index in [0.717, 1.165) is 4.48 Å². The van der Waals surface area contributed by atoms with E-state index >= 15 is 0 Å². The lowest BCUT2D eigenvalue weighted by molar-refractivity contribution is 0.624. The molecular weight excluding hydrogens is 178 g/mol. The molecular formula is C7H10BrN. The molecule has 0 bridgehead atoms.